The Morgan fingerprint density at radius 1 is 1.26 bits per heavy atom. The Morgan fingerprint density at radius 2 is 2.05 bits per heavy atom. The molecule has 0 bridgehead atoms. The van der Waals surface area contributed by atoms with Gasteiger partial charge in [0.2, 0.25) is 5.95 Å². The van der Waals surface area contributed by atoms with Crippen LogP contribution in [0.3, 0.4) is 0 Å². The van der Waals surface area contributed by atoms with Gasteiger partial charge in [0.05, 0.1) is 6.20 Å². The Bertz CT molecular complexity index is 391. The van der Waals surface area contributed by atoms with Crippen LogP contribution in [0.25, 0.3) is 0 Å². The summed E-state index contributed by atoms with van der Waals surface area (Å²) in [5, 5.41) is 6.16. The highest BCUT2D eigenvalue weighted by atomic mass is 19.1. The van der Waals surface area contributed by atoms with Gasteiger partial charge in [-0.2, -0.15) is 4.98 Å². The molecule has 1 aliphatic carbocycles. The maximum Gasteiger partial charge on any atom is 0.224 e. The number of rotatable bonds is 7. The van der Waals surface area contributed by atoms with Crippen LogP contribution in [0.1, 0.15) is 45.4 Å². The lowest BCUT2D eigenvalue weighted by atomic mass is 10.0. The third-order valence-corrected chi connectivity index (χ3v) is 3.60. The van der Waals surface area contributed by atoms with Gasteiger partial charge in [0, 0.05) is 13.1 Å². The normalized spacial score (nSPS) is 15.7. The average Bonchev–Trinajstić information content (AvgIpc) is 2.92. The monoisotopic (exact) mass is 266 g/mol. The summed E-state index contributed by atoms with van der Waals surface area (Å²) in [5.74, 6) is 1.22. The molecule has 2 N–H and O–H groups in total. The van der Waals surface area contributed by atoms with Crippen molar-refractivity contribution in [2.24, 2.45) is 5.92 Å². The minimum absolute atomic E-state index is 0.312. The molecule has 19 heavy (non-hydrogen) atoms. The zero-order chi connectivity index (χ0) is 13.5. The number of aromatic nitrogens is 2. The van der Waals surface area contributed by atoms with E-state index in [0.717, 1.165) is 31.8 Å². The lowest BCUT2D eigenvalue weighted by molar-refractivity contribution is 0.517. The van der Waals surface area contributed by atoms with Gasteiger partial charge in [0.15, 0.2) is 11.6 Å². The summed E-state index contributed by atoms with van der Waals surface area (Å²) in [6.45, 7) is 3.65. The summed E-state index contributed by atoms with van der Waals surface area (Å²) in [6.07, 6.45) is 8.64. The first-order valence-electron chi connectivity index (χ1n) is 7.30. The first-order valence-corrected chi connectivity index (χ1v) is 7.30. The molecule has 106 valence electrons. The van der Waals surface area contributed by atoms with Gasteiger partial charge in [-0.3, -0.25) is 0 Å². The highest BCUT2D eigenvalue weighted by Crippen LogP contribution is 2.27. The lowest BCUT2D eigenvalue weighted by Gasteiger charge is -2.11. The van der Waals surface area contributed by atoms with Crippen molar-refractivity contribution in [3.05, 3.63) is 12.0 Å². The van der Waals surface area contributed by atoms with Gasteiger partial charge in [-0.25, -0.2) is 9.37 Å². The average molecular weight is 266 g/mol. The molecule has 0 amide bonds. The van der Waals surface area contributed by atoms with Crippen LogP contribution < -0.4 is 10.6 Å². The molecule has 5 heteroatoms. The third kappa shape index (κ3) is 4.33. The third-order valence-electron chi connectivity index (χ3n) is 3.60. The Hall–Kier alpha value is -1.39. The molecule has 0 aromatic carbocycles. The van der Waals surface area contributed by atoms with E-state index >= 15 is 0 Å². The minimum atomic E-state index is -0.381. The molecule has 1 saturated carbocycles. The molecule has 1 aromatic heterocycles. The minimum Gasteiger partial charge on any atom is -0.367 e. The molecule has 0 spiro atoms. The predicted octanol–water partition coefficient (Wildman–Crippen LogP) is 3.43. The Kier molecular flexibility index (Phi) is 5.36. The van der Waals surface area contributed by atoms with Gasteiger partial charge in [0.1, 0.15) is 0 Å². The molecule has 2 rings (SSSR count). The van der Waals surface area contributed by atoms with E-state index in [4.69, 9.17) is 0 Å². The fourth-order valence-corrected chi connectivity index (χ4v) is 2.51. The maximum absolute atomic E-state index is 13.6. The molecular formula is C14H23FN4. The highest BCUT2D eigenvalue weighted by Gasteiger charge is 2.14. The summed E-state index contributed by atoms with van der Waals surface area (Å²) in [6, 6.07) is 0. The molecule has 1 aromatic rings. The smallest absolute Gasteiger partial charge is 0.224 e. The molecule has 0 saturated heterocycles. The molecule has 4 nitrogen and oxygen atoms in total. The van der Waals surface area contributed by atoms with Gasteiger partial charge < -0.3 is 10.6 Å². The fraction of sp³-hybridized carbons (Fsp3) is 0.714. The molecule has 1 heterocycles. The number of halogens is 1. The van der Waals surface area contributed by atoms with Crippen LogP contribution in [0.15, 0.2) is 6.20 Å². The van der Waals surface area contributed by atoms with Crippen LogP contribution in [-0.2, 0) is 0 Å². The molecule has 1 fully saturated rings. The predicted molar refractivity (Wildman–Crippen MR) is 75.8 cm³/mol. The number of hydrogen-bond donors (Lipinski definition) is 2. The van der Waals surface area contributed by atoms with E-state index in [1.165, 1.54) is 31.9 Å². The second-order valence-electron chi connectivity index (χ2n) is 5.18. The molecule has 1 aliphatic rings. The summed E-state index contributed by atoms with van der Waals surface area (Å²) in [4.78, 5) is 8.09. The van der Waals surface area contributed by atoms with E-state index in [2.05, 4.69) is 27.5 Å². The van der Waals surface area contributed by atoms with E-state index in [1.54, 1.807) is 0 Å². The summed E-state index contributed by atoms with van der Waals surface area (Å²) < 4.78 is 13.6. The summed E-state index contributed by atoms with van der Waals surface area (Å²) >= 11 is 0. The highest BCUT2D eigenvalue weighted by molar-refractivity contribution is 5.40. The fourth-order valence-electron chi connectivity index (χ4n) is 2.51. The second kappa shape index (κ2) is 7.26. The van der Waals surface area contributed by atoms with Gasteiger partial charge in [-0.1, -0.05) is 32.6 Å². The van der Waals surface area contributed by atoms with Crippen molar-refractivity contribution in [3.63, 3.8) is 0 Å². The standard InChI is InChI=1S/C14H23FN4/c1-2-8-17-14-18-10-12(15)13(19-14)16-9-7-11-5-3-4-6-11/h10-11H,2-9H2,1H3,(H2,16,17,18,19). The van der Waals surface area contributed by atoms with Gasteiger partial charge in [-0.15, -0.1) is 0 Å². The van der Waals surface area contributed by atoms with Crippen molar-refractivity contribution >= 4 is 11.8 Å². The molecule has 0 unspecified atom stereocenters. The van der Waals surface area contributed by atoms with E-state index < -0.39 is 0 Å². The Labute approximate surface area is 114 Å². The van der Waals surface area contributed by atoms with E-state index in [0.29, 0.717) is 11.8 Å². The van der Waals surface area contributed by atoms with Crippen molar-refractivity contribution in [1.29, 1.82) is 0 Å². The van der Waals surface area contributed by atoms with Crippen molar-refractivity contribution in [1.82, 2.24) is 9.97 Å². The van der Waals surface area contributed by atoms with Crippen LogP contribution in [0, 0.1) is 11.7 Å². The quantitative estimate of drug-likeness (QED) is 0.794. The zero-order valence-electron chi connectivity index (χ0n) is 11.6. The summed E-state index contributed by atoms with van der Waals surface area (Å²) in [7, 11) is 0. The van der Waals surface area contributed by atoms with Crippen molar-refractivity contribution in [2.75, 3.05) is 23.7 Å². The number of anilines is 2. The Balaban J connectivity index is 1.83. The van der Waals surface area contributed by atoms with Crippen molar-refractivity contribution < 1.29 is 4.39 Å². The molecule has 0 atom stereocenters. The van der Waals surface area contributed by atoms with E-state index in [-0.39, 0.29) is 5.82 Å². The van der Waals surface area contributed by atoms with Crippen molar-refractivity contribution in [2.45, 2.75) is 45.4 Å². The first kappa shape index (κ1) is 14.0. The van der Waals surface area contributed by atoms with Crippen LogP contribution in [0.5, 0.6) is 0 Å². The SMILES string of the molecule is CCCNc1ncc(F)c(NCCC2CCCC2)n1. The largest absolute Gasteiger partial charge is 0.367 e. The van der Waals surface area contributed by atoms with Crippen LogP contribution in [0.2, 0.25) is 0 Å². The lowest BCUT2D eigenvalue weighted by Crippen LogP contribution is -2.12. The molecule has 0 radical (unpaired) electrons. The van der Waals surface area contributed by atoms with Crippen LogP contribution in [0.4, 0.5) is 16.2 Å². The zero-order valence-corrected chi connectivity index (χ0v) is 11.6. The summed E-state index contributed by atoms with van der Waals surface area (Å²) in [5.41, 5.74) is 0. The Morgan fingerprint density at radius 3 is 2.79 bits per heavy atom. The van der Waals surface area contributed by atoms with E-state index in [9.17, 15) is 4.39 Å². The molecule has 0 aliphatic heterocycles. The molecular weight excluding hydrogens is 243 g/mol. The van der Waals surface area contributed by atoms with Crippen LogP contribution in [-0.4, -0.2) is 23.1 Å². The van der Waals surface area contributed by atoms with Gasteiger partial charge >= 0.3 is 0 Å². The van der Waals surface area contributed by atoms with Gasteiger partial charge in [-0.05, 0) is 18.8 Å². The van der Waals surface area contributed by atoms with Crippen LogP contribution >= 0.6 is 0 Å². The number of nitrogens with zero attached hydrogens (tertiary/aromatic N) is 2. The number of nitrogens with one attached hydrogen (secondary N) is 2. The number of hydrogen-bond acceptors (Lipinski definition) is 4. The first-order chi connectivity index (χ1) is 9.29. The van der Waals surface area contributed by atoms with Gasteiger partial charge in [0.25, 0.3) is 0 Å². The maximum atomic E-state index is 13.6. The second-order valence-corrected chi connectivity index (χ2v) is 5.18. The van der Waals surface area contributed by atoms with E-state index in [1.807, 2.05) is 0 Å². The van der Waals surface area contributed by atoms with Crippen molar-refractivity contribution in [3.8, 4) is 0 Å². The topological polar surface area (TPSA) is 49.8 Å².